The van der Waals surface area contributed by atoms with Gasteiger partial charge in [0.15, 0.2) is 0 Å². The van der Waals surface area contributed by atoms with Crippen LogP contribution in [0.15, 0.2) is 36.5 Å². The zero-order chi connectivity index (χ0) is 14.8. The van der Waals surface area contributed by atoms with E-state index in [0.29, 0.717) is 5.69 Å². The molecule has 0 saturated carbocycles. The van der Waals surface area contributed by atoms with Crippen molar-refractivity contribution in [2.24, 2.45) is 0 Å². The van der Waals surface area contributed by atoms with E-state index in [-0.39, 0.29) is 18.0 Å². The number of nitrogens with zero attached hydrogens (tertiary/aromatic N) is 2. The molecule has 1 amide bonds. The van der Waals surface area contributed by atoms with Crippen LogP contribution in [0.25, 0.3) is 0 Å². The van der Waals surface area contributed by atoms with Gasteiger partial charge in [0.1, 0.15) is 5.69 Å². The summed E-state index contributed by atoms with van der Waals surface area (Å²) in [7, 11) is 2.07. The number of hydrogen-bond acceptors (Lipinski definition) is 3. The second kappa shape index (κ2) is 5.87. The third-order valence-corrected chi connectivity index (χ3v) is 4.17. The lowest BCUT2D eigenvalue weighted by Gasteiger charge is -2.26. The van der Waals surface area contributed by atoms with Gasteiger partial charge in [0.25, 0.3) is 5.91 Å². The van der Waals surface area contributed by atoms with Crippen LogP contribution in [-0.4, -0.2) is 40.6 Å². The summed E-state index contributed by atoms with van der Waals surface area (Å²) in [5.41, 5.74) is 1.65. The first-order chi connectivity index (χ1) is 10.1. The molecule has 0 radical (unpaired) electrons. The Kier molecular flexibility index (Phi) is 3.94. The van der Waals surface area contributed by atoms with E-state index in [9.17, 15) is 4.79 Å². The average molecular weight is 305 g/mol. The number of benzene rings is 1. The lowest BCUT2D eigenvalue weighted by atomic mass is 10.00. The first-order valence-corrected chi connectivity index (χ1v) is 7.29. The minimum atomic E-state index is -0.119. The molecule has 1 saturated heterocycles. The van der Waals surface area contributed by atoms with Crippen molar-refractivity contribution in [2.45, 2.75) is 18.5 Å². The molecule has 0 bridgehead atoms. The molecule has 1 aliphatic rings. The van der Waals surface area contributed by atoms with Crippen molar-refractivity contribution in [2.75, 3.05) is 13.6 Å². The molecule has 1 aromatic heterocycles. The fourth-order valence-corrected chi connectivity index (χ4v) is 3.00. The number of rotatable bonds is 3. The van der Waals surface area contributed by atoms with Gasteiger partial charge >= 0.3 is 0 Å². The minimum absolute atomic E-state index is 0.0759. The summed E-state index contributed by atoms with van der Waals surface area (Å²) >= 11 is 5.95. The SMILES string of the molecule is CN1CC[C@H](NC(=O)c2ccn[nH]2)[C@H]1c1ccc(Cl)cc1. The molecule has 5 nitrogen and oxygen atoms in total. The van der Waals surface area contributed by atoms with Crippen molar-refractivity contribution in [1.82, 2.24) is 20.4 Å². The number of H-pyrrole nitrogens is 1. The third kappa shape index (κ3) is 2.94. The lowest BCUT2D eigenvalue weighted by molar-refractivity contribution is 0.0922. The predicted octanol–water partition coefficient (Wildman–Crippen LogP) is 2.24. The van der Waals surface area contributed by atoms with Crippen molar-refractivity contribution in [3.8, 4) is 0 Å². The van der Waals surface area contributed by atoms with Crippen molar-refractivity contribution in [3.05, 3.63) is 52.8 Å². The van der Waals surface area contributed by atoms with Gasteiger partial charge in [-0.25, -0.2) is 0 Å². The maximum atomic E-state index is 12.2. The van der Waals surface area contributed by atoms with E-state index >= 15 is 0 Å². The number of carbonyl (C=O) groups is 1. The Morgan fingerprint density at radius 1 is 1.38 bits per heavy atom. The molecule has 1 fully saturated rings. The molecule has 6 heteroatoms. The number of hydrogen-bond donors (Lipinski definition) is 2. The Bertz CT molecular complexity index is 611. The largest absolute Gasteiger partial charge is 0.346 e. The van der Waals surface area contributed by atoms with Crippen LogP contribution in [0.3, 0.4) is 0 Å². The Balaban J connectivity index is 1.78. The van der Waals surface area contributed by atoms with E-state index in [0.717, 1.165) is 23.6 Å². The van der Waals surface area contributed by atoms with Gasteiger partial charge in [0.05, 0.1) is 12.1 Å². The van der Waals surface area contributed by atoms with Crippen LogP contribution in [0, 0.1) is 0 Å². The zero-order valence-corrected chi connectivity index (χ0v) is 12.5. The Hall–Kier alpha value is -1.85. The lowest BCUT2D eigenvalue weighted by Crippen LogP contribution is -2.39. The van der Waals surface area contributed by atoms with E-state index in [1.165, 1.54) is 0 Å². The summed E-state index contributed by atoms with van der Waals surface area (Å²) in [6.45, 7) is 0.946. The van der Waals surface area contributed by atoms with Crippen molar-refractivity contribution >= 4 is 17.5 Å². The molecule has 2 heterocycles. The van der Waals surface area contributed by atoms with Crippen LogP contribution in [0.2, 0.25) is 5.02 Å². The smallest absolute Gasteiger partial charge is 0.269 e. The highest BCUT2D eigenvalue weighted by molar-refractivity contribution is 6.30. The van der Waals surface area contributed by atoms with Crippen LogP contribution >= 0.6 is 11.6 Å². The fraction of sp³-hybridized carbons (Fsp3) is 0.333. The Morgan fingerprint density at radius 3 is 2.81 bits per heavy atom. The first kappa shape index (κ1) is 14.1. The summed E-state index contributed by atoms with van der Waals surface area (Å²) in [4.78, 5) is 14.4. The summed E-state index contributed by atoms with van der Waals surface area (Å²) in [5.74, 6) is -0.119. The number of aromatic amines is 1. The van der Waals surface area contributed by atoms with Crippen LogP contribution in [0.4, 0.5) is 0 Å². The van der Waals surface area contributed by atoms with Gasteiger partial charge in [-0.05, 0) is 37.2 Å². The van der Waals surface area contributed by atoms with Gasteiger partial charge in [-0.3, -0.25) is 14.8 Å². The van der Waals surface area contributed by atoms with Gasteiger partial charge in [-0.1, -0.05) is 23.7 Å². The maximum absolute atomic E-state index is 12.2. The maximum Gasteiger partial charge on any atom is 0.269 e. The quantitative estimate of drug-likeness (QED) is 0.914. The highest BCUT2D eigenvalue weighted by Gasteiger charge is 2.34. The second-order valence-corrected chi connectivity index (χ2v) is 5.75. The molecule has 0 aliphatic carbocycles. The number of nitrogens with one attached hydrogen (secondary N) is 2. The molecule has 0 unspecified atom stereocenters. The number of amides is 1. The van der Waals surface area contributed by atoms with E-state index in [1.807, 2.05) is 24.3 Å². The Labute approximate surface area is 128 Å². The molecule has 0 spiro atoms. The highest BCUT2D eigenvalue weighted by atomic mass is 35.5. The first-order valence-electron chi connectivity index (χ1n) is 6.91. The standard InChI is InChI=1S/C15H17ClN4O/c1-20-9-7-12(18-15(21)13-6-8-17-19-13)14(20)10-2-4-11(16)5-3-10/h2-6,8,12,14H,7,9H2,1H3,(H,17,19)(H,18,21)/t12-,14+/m0/s1. The third-order valence-electron chi connectivity index (χ3n) is 3.92. The van der Waals surface area contributed by atoms with Crippen molar-refractivity contribution in [3.63, 3.8) is 0 Å². The van der Waals surface area contributed by atoms with E-state index in [2.05, 4.69) is 27.5 Å². The summed E-state index contributed by atoms with van der Waals surface area (Å²) in [6, 6.07) is 9.72. The van der Waals surface area contributed by atoms with Gasteiger partial charge in [-0.2, -0.15) is 5.10 Å². The monoisotopic (exact) mass is 304 g/mol. The van der Waals surface area contributed by atoms with Crippen LogP contribution in [0.1, 0.15) is 28.5 Å². The number of halogens is 1. The molecule has 1 aromatic carbocycles. The molecule has 1 aliphatic heterocycles. The number of likely N-dealkylation sites (tertiary alicyclic amines) is 1. The van der Waals surface area contributed by atoms with E-state index in [4.69, 9.17) is 11.6 Å². The number of likely N-dealkylation sites (N-methyl/N-ethyl adjacent to an activating group) is 1. The van der Waals surface area contributed by atoms with E-state index in [1.54, 1.807) is 12.3 Å². The van der Waals surface area contributed by atoms with Gasteiger partial charge < -0.3 is 5.32 Å². The molecule has 2 N–H and O–H groups in total. The van der Waals surface area contributed by atoms with E-state index < -0.39 is 0 Å². The molecule has 2 aromatic rings. The van der Waals surface area contributed by atoms with Crippen LogP contribution in [0.5, 0.6) is 0 Å². The number of carbonyl (C=O) groups excluding carboxylic acids is 1. The number of aromatic nitrogens is 2. The average Bonchev–Trinajstić information content (AvgIpc) is 3.11. The van der Waals surface area contributed by atoms with Gasteiger partial charge in [0, 0.05) is 17.8 Å². The highest BCUT2D eigenvalue weighted by Crippen LogP contribution is 2.31. The van der Waals surface area contributed by atoms with Crippen molar-refractivity contribution < 1.29 is 4.79 Å². The summed E-state index contributed by atoms with van der Waals surface area (Å²) in [5, 5.41) is 10.3. The van der Waals surface area contributed by atoms with Crippen LogP contribution < -0.4 is 5.32 Å². The topological polar surface area (TPSA) is 61.0 Å². The summed E-state index contributed by atoms with van der Waals surface area (Å²) < 4.78 is 0. The normalized spacial score (nSPS) is 22.4. The fourth-order valence-electron chi connectivity index (χ4n) is 2.87. The molecule has 21 heavy (non-hydrogen) atoms. The molecular weight excluding hydrogens is 288 g/mol. The van der Waals surface area contributed by atoms with Gasteiger partial charge in [-0.15, -0.1) is 0 Å². The molecule has 3 rings (SSSR count). The predicted molar refractivity (Wildman–Crippen MR) is 81.3 cm³/mol. The van der Waals surface area contributed by atoms with Crippen LogP contribution in [-0.2, 0) is 0 Å². The molecular formula is C15H17ClN4O. The minimum Gasteiger partial charge on any atom is -0.346 e. The molecule has 110 valence electrons. The van der Waals surface area contributed by atoms with Gasteiger partial charge in [0.2, 0.25) is 0 Å². The second-order valence-electron chi connectivity index (χ2n) is 5.32. The molecule has 2 atom stereocenters. The summed E-state index contributed by atoms with van der Waals surface area (Å²) in [6.07, 6.45) is 2.50. The Morgan fingerprint density at radius 2 is 2.14 bits per heavy atom. The van der Waals surface area contributed by atoms with Crippen molar-refractivity contribution in [1.29, 1.82) is 0 Å². The zero-order valence-electron chi connectivity index (χ0n) is 11.7.